The van der Waals surface area contributed by atoms with Crippen molar-refractivity contribution in [1.82, 2.24) is 14.8 Å². The molecule has 8 heteroatoms. The van der Waals surface area contributed by atoms with E-state index in [1.165, 1.54) is 11.3 Å². The number of nitrogens with zero attached hydrogens (tertiary/aromatic N) is 3. The second-order valence-electron chi connectivity index (χ2n) is 6.73. The Morgan fingerprint density at radius 1 is 1.29 bits per heavy atom. The van der Waals surface area contributed by atoms with Crippen molar-refractivity contribution in [1.29, 1.82) is 0 Å². The minimum Gasteiger partial charge on any atom is -0.310 e. The number of hydrogen-bond donors (Lipinski definition) is 1. The summed E-state index contributed by atoms with van der Waals surface area (Å²) in [4.78, 5) is 17.2. The minimum atomic E-state index is -0.0836. The van der Waals surface area contributed by atoms with Crippen molar-refractivity contribution in [2.45, 2.75) is 19.3 Å². The Bertz CT molecular complexity index is 1250. The van der Waals surface area contributed by atoms with E-state index >= 15 is 0 Å². The van der Waals surface area contributed by atoms with Crippen molar-refractivity contribution in [3.05, 3.63) is 68.8 Å². The number of benzene rings is 2. The van der Waals surface area contributed by atoms with Gasteiger partial charge in [0.15, 0.2) is 0 Å². The fourth-order valence-corrected chi connectivity index (χ4v) is 5.35. The topological polar surface area (TPSA) is 59.8 Å². The van der Waals surface area contributed by atoms with E-state index in [2.05, 4.69) is 21.2 Å². The first kappa shape index (κ1) is 17.8. The van der Waals surface area contributed by atoms with Crippen molar-refractivity contribution < 1.29 is 4.79 Å². The van der Waals surface area contributed by atoms with Crippen LogP contribution in [0.3, 0.4) is 0 Å². The van der Waals surface area contributed by atoms with Crippen LogP contribution in [0.15, 0.2) is 46.9 Å². The van der Waals surface area contributed by atoms with Gasteiger partial charge in [-0.3, -0.25) is 4.79 Å². The number of nitrogens with one attached hydrogen (secondary N) is 1. The predicted octanol–water partition coefficient (Wildman–Crippen LogP) is 5.68. The van der Waals surface area contributed by atoms with Crippen LogP contribution in [-0.2, 0) is 4.79 Å². The van der Waals surface area contributed by atoms with Crippen molar-refractivity contribution in [3.63, 3.8) is 0 Å². The van der Waals surface area contributed by atoms with Crippen LogP contribution in [0.25, 0.3) is 15.3 Å². The van der Waals surface area contributed by atoms with Crippen LogP contribution in [0.1, 0.15) is 29.2 Å². The summed E-state index contributed by atoms with van der Waals surface area (Å²) in [5.74, 6) is 0.569. The number of aryl methyl sites for hydroxylation is 1. The summed E-state index contributed by atoms with van der Waals surface area (Å²) in [5, 5.41) is 9.11. The Morgan fingerprint density at radius 2 is 2.14 bits per heavy atom. The maximum absolute atomic E-state index is 12.5. The average Bonchev–Trinajstić information content (AvgIpc) is 3.21. The van der Waals surface area contributed by atoms with Gasteiger partial charge in [-0.15, -0.1) is 0 Å². The van der Waals surface area contributed by atoms with Gasteiger partial charge < -0.3 is 5.32 Å². The van der Waals surface area contributed by atoms with Gasteiger partial charge in [0.25, 0.3) is 0 Å². The Hall–Kier alpha value is -2.22. The zero-order chi connectivity index (χ0) is 19.4. The summed E-state index contributed by atoms with van der Waals surface area (Å²) in [6.45, 7) is 1.97. The highest BCUT2D eigenvalue weighted by Gasteiger charge is 2.33. The molecular weight excluding hydrogens is 460 g/mol. The first-order valence-corrected chi connectivity index (χ1v) is 10.7. The lowest BCUT2D eigenvalue weighted by molar-refractivity contribution is -0.116. The highest BCUT2D eigenvalue weighted by atomic mass is 79.9. The van der Waals surface area contributed by atoms with E-state index in [0.29, 0.717) is 17.3 Å². The Kier molecular flexibility index (Phi) is 4.26. The van der Waals surface area contributed by atoms with Gasteiger partial charge in [0, 0.05) is 27.4 Å². The number of amides is 1. The third kappa shape index (κ3) is 2.94. The summed E-state index contributed by atoms with van der Waals surface area (Å²) in [6, 6.07) is 13.6. The van der Waals surface area contributed by atoms with E-state index in [1.54, 1.807) is 4.68 Å². The van der Waals surface area contributed by atoms with Crippen molar-refractivity contribution in [3.8, 4) is 5.13 Å². The number of carbonyl (C=O) groups is 1. The van der Waals surface area contributed by atoms with Crippen LogP contribution in [-0.4, -0.2) is 20.7 Å². The number of hydrogen-bond acceptors (Lipinski definition) is 4. The third-order valence-corrected chi connectivity index (χ3v) is 6.60. The quantitative estimate of drug-likeness (QED) is 0.407. The number of carbonyl (C=O) groups excluding carboxylic acids is 1. The summed E-state index contributed by atoms with van der Waals surface area (Å²) < 4.78 is 3.81. The molecule has 2 aromatic heterocycles. The van der Waals surface area contributed by atoms with Gasteiger partial charge in [-0.2, -0.15) is 9.78 Å². The van der Waals surface area contributed by atoms with Gasteiger partial charge in [-0.05, 0) is 42.8 Å². The van der Waals surface area contributed by atoms with Crippen LogP contribution < -0.4 is 5.32 Å². The summed E-state index contributed by atoms with van der Waals surface area (Å²) >= 11 is 11.2. The molecule has 0 aliphatic carbocycles. The van der Waals surface area contributed by atoms with E-state index in [1.807, 2.05) is 49.4 Å². The normalized spacial score (nSPS) is 16.2. The fourth-order valence-electron chi connectivity index (χ4n) is 3.67. The molecule has 140 valence electrons. The number of thiazole rings is 1. The van der Waals surface area contributed by atoms with Gasteiger partial charge >= 0.3 is 0 Å². The van der Waals surface area contributed by atoms with E-state index < -0.39 is 0 Å². The summed E-state index contributed by atoms with van der Waals surface area (Å²) in [6.07, 6.45) is 0.368. The highest BCUT2D eigenvalue weighted by molar-refractivity contribution is 9.10. The molecule has 1 N–H and O–H groups in total. The van der Waals surface area contributed by atoms with E-state index in [-0.39, 0.29) is 11.8 Å². The minimum absolute atomic E-state index is 0.0394. The molecule has 0 saturated carbocycles. The molecule has 2 aromatic carbocycles. The number of anilines is 1. The molecule has 28 heavy (non-hydrogen) atoms. The molecule has 1 unspecified atom stereocenters. The van der Waals surface area contributed by atoms with Gasteiger partial charge in [0.1, 0.15) is 5.82 Å². The number of fused-ring (bicyclic) bond motifs is 2. The predicted molar refractivity (Wildman–Crippen MR) is 116 cm³/mol. The number of rotatable bonds is 2. The molecule has 5 nitrogen and oxygen atoms in total. The fraction of sp³-hybridized carbons (Fsp3) is 0.150. The van der Waals surface area contributed by atoms with Crippen LogP contribution >= 0.6 is 38.9 Å². The molecule has 1 aliphatic rings. The van der Waals surface area contributed by atoms with Crippen molar-refractivity contribution in [2.75, 3.05) is 5.32 Å². The molecule has 1 amide bonds. The monoisotopic (exact) mass is 472 g/mol. The lowest BCUT2D eigenvalue weighted by Gasteiger charge is -2.24. The molecule has 3 heterocycles. The first-order chi connectivity index (χ1) is 13.5. The van der Waals surface area contributed by atoms with Crippen molar-refractivity contribution in [2.24, 2.45) is 0 Å². The van der Waals surface area contributed by atoms with Gasteiger partial charge in [-0.1, -0.05) is 51.0 Å². The zero-order valence-corrected chi connectivity index (χ0v) is 17.9. The Morgan fingerprint density at radius 3 is 2.96 bits per heavy atom. The smallest absolute Gasteiger partial charge is 0.226 e. The molecule has 0 bridgehead atoms. The second-order valence-corrected chi connectivity index (χ2v) is 9.09. The van der Waals surface area contributed by atoms with Gasteiger partial charge in [-0.25, -0.2) is 4.98 Å². The molecule has 0 fully saturated rings. The van der Waals surface area contributed by atoms with Gasteiger partial charge in [0.2, 0.25) is 11.0 Å². The summed E-state index contributed by atoms with van der Waals surface area (Å²) in [7, 11) is 0. The number of halogens is 2. The maximum atomic E-state index is 12.5. The molecule has 0 saturated heterocycles. The lowest BCUT2D eigenvalue weighted by Crippen LogP contribution is -2.24. The molecule has 0 radical (unpaired) electrons. The maximum Gasteiger partial charge on any atom is 0.226 e. The zero-order valence-electron chi connectivity index (χ0n) is 14.7. The number of aromatic nitrogens is 3. The Labute approximate surface area is 178 Å². The lowest BCUT2D eigenvalue weighted by atomic mass is 9.86. The van der Waals surface area contributed by atoms with Crippen LogP contribution in [0.2, 0.25) is 5.02 Å². The van der Waals surface area contributed by atoms with Crippen LogP contribution in [0.4, 0.5) is 5.82 Å². The first-order valence-electron chi connectivity index (χ1n) is 8.71. The average molecular weight is 474 g/mol. The van der Waals surface area contributed by atoms with Gasteiger partial charge in [0.05, 0.1) is 15.9 Å². The SMILES string of the molecule is Cc1nn(-c2nc3ccc(Br)cc3s2)c2c1C(c1cccc(Cl)c1)CC(=O)N2. The van der Waals surface area contributed by atoms with E-state index in [4.69, 9.17) is 21.7 Å². The van der Waals surface area contributed by atoms with E-state index in [9.17, 15) is 4.79 Å². The molecule has 1 aliphatic heterocycles. The Balaban J connectivity index is 1.68. The van der Waals surface area contributed by atoms with Crippen LogP contribution in [0, 0.1) is 6.92 Å². The third-order valence-electron chi connectivity index (χ3n) is 4.87. The second kappa shape index (κ2) is 6.69. The molecule has 0 spiro atoms. The molecule has 4 aromatic rings. The largest absolute Gasteiger partial charge is 0.310 e. The van der Waals surface area contributed by atoms with Crippen molar-refractivity contribution >= 4 is 60.8 Å². The molecule has 5 rings (SSSR count). The van der Waals surface area contributed by atoms with Crippen LogP contribution in [0.5, 0.6) is 0 Å². The molecular formula is C20H14BrClN4OS. The highest BCUT2D eigenvalue weighted by Crippen LogP contribution is 2.41. The molecule has 1 atom stereocenters. The summed E-state index contributed by atoms with van der Waals surface area (Å²) in [5.41, 5.74) is 3.81. The van der Waals surface area contributed by atoms with E-state index in [0.717, 1.165) is 36.6 Å². The standard InChI is InChI=1S/C20H14BrClN4OS/c1-10-18-14(11-3-2-4-13(22)7-11)9-17(27)24-19(18)26(25-10)20-23-15-6-5-12(21)8-16(15)28-20/h2-8,14H,9H2,1H3,(H,24,27).